The molecule has 0 saturated carbocycles. The molecule has 0 radical (unpaired) electrons. The fourth-order valence-electron chi connectivity index (χ4n) is 1.49. The summed E-state index contributed by atoms with van der Waals surface area (Å²) in [6.07, 6.45) is 2.39. The number of aromatic amines is 1. The van der Waals surface area contributed by atoms with E-state index in [1.54, 1.807) is 13.8 Å². The van der Waals surface area contributed by atoms with Gasteiger partial charge < -0.3 is 20.5 Å². The Balaban J connectivity index is 2.45. The van der Waals surface area contributed by atoms with Crippen molar-refractivity contribution in [2.45, 2.75) is 32.3 Å². The molecule has 4 N–H and O–H groups in total. The zero-order chi connectivity index (χ0) is 12.9. The first-order valence-electron chi connectivity index (χ1n) is 5.58. The molecule has 0 aliphatic heterocycles. The van der Waals surface area contributed by atoms with E-state index in [1.807, 2.05) is 0 Å². The standard InChI is InChI=1S/C11H19N3O3/c1-8-9(14-7-13-8)10(16)12-6-11(2,17)4-3-5-15/h7,15,17H,3-6H2,1-2H3,(H,12,16)(H,13,14)/t11-/m1/s1. The summed E-state index contributed by atoms with van der Waals surface area (Å²) in [6.45, 7) is 3.55. The predicted molar refractivity (Wildman–Crippen MR) is 62.6 cm³/mol. The van der Waals surface area contributed by atoms with Gasteiger partial charge in [0.1, 0.15) is 5.69 Å². The third-order valence-electron chi connectivity index (χ3n) is 2.55. The van der Waals surface area contributed by atoms with Crippen LogP contribution in [0.3, 0.4) is 0 Å². The lowest BCUT2D eigenvalue weighted by Crippen LogP contribution is -2.41. The first-order chi connectivity index (χ1) is 7.96. The van der Waals surface area contributed by atoms with E-state index in [-0.39, 0.29) is 19.1 Å². The minimum atomic E-state index is -1.01. The third-order valence-corrected chi connectivity index (χ3v) is 2.55. The van der Waals surface area contributed by atoms with Crippen LogP contribution in [-0.2, 0) is 0 Å². The maximum atomic E-state index is 11.7. The zero-order valence-corrected chi connectivity index (χ0v) is 10.2. The number of carbonyl (C=O) groups is 1. The van der Waals surface area contributed by atoms with Gasteiger partial charge in [-0.2, -0.15) is 0 Å². The second kappa shape index (κ2) is 5.79. The second-order valence-corrected chi connectivity index (χ2v) is 4.38. The Bertz CT molecular complexity index is 374. The van der Waals surface area contributed by atoms with Crippen molar-refractivity contribution in [1.29, 1.82) is 0 Å². The summed E-state index contributed by atoms with van der Waals surface area (Å²) >= 11 is 0. The number of aliphatic hydroxyl groups is 2. The minimum Gasteiger partial charge on any atom is -0.396 e. The molecule has 6 heteroatoms. The molecule has 0 saturated heterocycles. The van der Waals surface area contributed by atoms with Crippen LogP contribution in [0.4, 0.5) is 0 Å². The number of aryl methyl sites for hydroxylation is 1. The van der Waals surface area contributed by atoms with Crippen LogP contribution in [0.25, 0.3) is 0 Å². The van der Waals surface area contributed by atoms with Crippen molar-refractivity contribution in [3.05, 3.63) is 17.7 Å². The van der Waals surface area contributed by atoms with E-state index < -0.39 is 5.60 Å². The lowest BCUT2D eigenvalue weighted by molar-refractivity contribution is 0.0414. The number of H-pyrrole nitrogens is 1. The van der Waals surface area contributed by atoms with Gasteiger partial charge in [0.25, 0.3) is 5.91 Å². The van der Waals surface area contributed by atoms with E-state index in [1.165, 1.54) is 6.33 Å². The molecule has 0 fully saturated rings. The lowest BCUT2D eigenvalue weighted by Gasteiger charge is -2.23. The van der Waals surface area contributed by atoms with Gasteiger partial charge in [-0.3, -0.25) is 4.79 Å². The number of imidazole rings is 1. The first-order valence-corrected chi connectivity index (χ1v) is 5.58. The van der Waals surface area contributed by atoms with Crippen LogP contribution in [0.1, 0.15) is 35.9 Å². The Hall–Kier alpha value is -1.40. The molecular formula is C11H19N3O3. The molecular weight excluding hydrogens is 222 g/mol. The molecule has 1 aromatic heterocycles. The van der Waals surface area contributed by atoms with Gasteiger partial charge in [0.2, 0.25) is 0 Å². The molecule has 0 spiro atoms. The molecule has 0 unspecified atom stereocenters. The van der Waals surface area contributed by atoms with Crippen LogP contribution in [0, 0.1) is 6.92 Å². The molecule has 1 rings (SSSR count). The largest absolute Gasteiger partial charge is 0.396 e. The highest BCUT2D eigenvalue weighted by molar-refractivity contribution is 5.93. The molecule has 0 aromatic carbocycles. The summed E-state index contributed by atoms with van der Waals surface area (Å²) in [7, 11) is 0. The summed E-state index contributed by atoms with van der Waals surface area (Å²) in [5.41, 5.74) is 0.0169. The Morgan fingerprint density at radius 1 is 1.65 bits per heavy atom. The van der Waals surface area contributed by atoms with Gasteiger partial charge in [0, 0.05) is 18.8 Å². The van der Waals surface area contributed by atoms with Gasteiger partial charge in [0.05, 0.1) is 11.9 Å². The van der Waals surface area contributed by atoms with Crippen molar-refractivity contribution in [2.24, 2.45) is 0 Å². The molecule has 0 bridgehead atoms. The van der Waals surface area contributed by atoms with Crippen molar-refractivity contribution < 1.29 is 15.0 Å². The molecule has 1 amide bonds. The Morgan fingerprint density at radius 3 is 2.88 bits per heavy atom. The lowest BCUT2D eigenvalue weighted by atomic mass is 10.0. The van der Waals surface area contributed by atoms with Crippen LogP contribution in [-0.4, -0.2) is 44.8 Å². The van der Waals surface area contributed by atoms with Crippen molar-refractivity contribution >= 4 is 5.91 Å². The van der Waals surface area contributed by atoms with Gasteiger partial charge in [0.15, 0.2) is 0 Å². The number of aromatic nitrogens is 2. The Labute approximate surface area is 100 Å². The molecule has 1 atom stereocenters. The number of rotatable bonds is 6. The zero-order valence-electron chi connectivity index (χ0n) is 10.2. The van der Waals surface area contributed by atoms with Gasteiger partial charge in [-0.15, -0.1) is 0 Å². The SMILES string of the molecule is Cc1[nH]cnc1C(=O)NC[C@](C)(O)CCCO. The monoisotopic (exact) mass is 241 g/mol. The summed E-state index contributed by atoms with van der Waals surface area (Å²) in [5.74, 6) is -0.312. The first kappa shape index (κ1) is 13.7. The maximum absolute atomic E-state index is 11.7. The number of hydrogen-bond donors (Lipinski definition) is 4. The van der Waals surface area contributed by atoms with Crippen molar-refractivity contribution in [3.8, 4) is 0 Å². The molecule has 0 aliphatic carbocycles. The minimum absolute atomic E-state index is 0.0303. The van der Waals surface area contributed by atoms with E-state index in [9.17, 15) is 9.90 Å². The molecule has 6 nitrogen and oxygen atoms in total. The number of aliphatic hydroxyl groups excluding tert-OH is 1. The van der Waals surface area contributed by atoms with Crippen LogP contribution in [0.15, 0.2) is 6.33 Å². The topological polar surface area (TPSA) is 98.2 Å². The van der Waals surface area contributed by atoms with E-state index in [2.05, 4.69) is 15.3 Å². The van der Waals surface area contributed by atoms with Crippen molar-refractivity contribution in [2.75, 3.05) is 13.2 Å². The van der Waals surface area contributed by atoms with Gasteiger partial charge >= 0.3 is 0 Å². The summed E-state index contributed by atoms with van der Waals surface area (Å²) < 4.78 is 0. The number of nitrogens with one attached hydrogen (secondary N) is 2. The normalized spacial score (nSPS) is 14.4. The van der Waals surface area contributed by atoms with Crippen LogP contribution < -0.4 is 5.32 Å². The van der Waals surface area contributed by atoms with E-state index in [0.29, 0.717) is 24.2 Å². The molecule has 1 heterocycles. The number of carbonyl (C=O) groups excluding carboxylic acids is 1. The third kappa shape index (κ3) is 4.16. The molecule has 1 aromatic rings. The van der Waals surface area contributed by atoms with Crippen LogP contribution in [0.2, 0.25) is 0 Å². The fourth-order valence-corrected chi connectivity index (χ4v) is 1.49. The number of amides is 1. The second-order valence-electron chi connectivity index (χ2n) is 4.38. The summed E-state index contributed by atoms with van der Waals surface area (Å²) in [4.78, 5) is 18.4. The highest BCUT2D eigenvalue weighted by atomic mass is 16.3. The maximum Gasteiger partial charge on any atom is 0.271 e. The smallest absolute Gasteiger partial charge is 0.271 e. The number of nitrogens with zero attached hydrogens (tertiary/aromatic N) is 1. The van der Waals surface area contributed by atoms with Gasteiger partial charge in [-0.25, -0.2) is 4.98 Å². The Kier molecular flexibility index (Phi) is 4.65. The van der Waals surface area contributed by atoms with Crippen LogP contribution >= 0.6 is 0 Å². The molecule has 96 valence electrons. The summed E-state index contributed by atoms with van der Waals surface area (Å²) in [6, 6.07) is 0. The molecule has 17 heavy (non-hydrogen) atoms. The van der Waals surface area contributed by atoms with Gasteiger partial charge in [-0.1, -0.05) is 0 Å². The van der Waals surface area contributed by atoms with Crippen molar-refractivity contribution in [1.82, 2.24) is 15.3 Å². The summed E-state index contributed by atoms with van der Waals surface area (Å²) in [5, 5.41) is 21.2. The molecule has 0 aliphatic rings. The highest BCUT2D eigenvalue weighted by Crippen LogP contribution is 2.10. The number of hydrogen-bond acceptors (Lipinski definition) is 4. The van der Waals surface area contributed by atoms with E-state index in [0.717, 1.165) is 0 Å². The fraction of sp³-hybridized carbons (Fsp3) is 0.636. The van der Waals surface area contributed by atoms with Gasteiger partial charge in [-0.05, 0) is 26.7 Å². The van der Waals surface area contributed by atoms with Crippen LogP contribution in [0.5, 0.6) is 0 Å². The highest BCUT2D eigenvalue weighted by Gasteiger charge is 2.21. The average molecular weight is 241 g/mol. The van der Waals surface area contributed by atoms with E-state index in [4.69, 9.17) is 5.11 Å². The average Bonchev–Trinajstić information content (AvgIpc) is 2.70. The van der Waals surface area contributed by atoms with Crippen molar-refractivity contribution in [3.63, 3.8) is 0 Å². The predicted octanol–water partition coefficient (Wildman–Crippen LogP) is -0.0286. The Morgan fingerprint density at radius 2 is 2.35 bits per heavy atom. The quantitative estimate of drug-likeness (QED) is 0.562. The van der Waals surface area contributed by atoms with E-state index >= 15 is 0 Å².